The van der Waals surface area contributed by atoms with Gasteiger partial charge in [-0.2, -0.15) is 5.10 Å². The van der Waals surface area contributed by atoms with Gasteiger partial charge in [0.1, 0.15) is 5.82 Å². The summed E-state index contributed by atoms with van der Waals surface area (Å²) in [5.74, 6) is -1.44. The molecule has 0 aliphatic carbocycles. The smallest absolute Gasteiger partial charge is 0.328 e. The number of aliphatic carboxylic acids is 1. The molecule has 0 unspecified atom stereocenters. The molecular weight excluding hydrogens is 235 g/mol. The van der Waals surface area contributed by atoms with E-state index in [2.05, 4.69) is 5.10 Å². The molecule has 2 rings (SSSR count). The van der Waals surface area contributed by atoms with E-state index in [4.69, 9.17) is 5.11 Å². The van der Waals surface area contributed by atoms with Crippen LogP contribution < -0.4 is 0 Å². The van der Waals surface area contributed by atoms with Crippen molar-refractivity contribution in [1.29, 1.82) is 0 Å². The molecule has 0 fully saturated rings. The number of hydrogen-bond donors (Lipinski definition) is 1. The van der Waals surface area contributed by atoms with Gasteiger partial charge in [0, 0.05) is 24.0 Å². The van der Waals surface area contributed by atoms with Crippen LogP contribution in [0.25, 0.3) is 6.08 Å². The number of carbonyl (C=O) groups is 1. The van der Waals surface area contributed by atoms with Gasteiger partial charge in [0.25, 0.3) is 0 Å². The highest BCUT2D eigenvalue weighted by Crippen LogP contribution is 2.13. The fraction of sp³-hybridized carbons (Fsp3) is 0.0769. The maximum Gasteiger partial charge on any atom is 0.328 e. The van der Waals surface area contributed by atoms with Gasteiger partial charge >= 0.3 is 5.97 Å². The molecule has 1 aromatic heterocycles. The number of carboxylic acid groups (broad SMARTS) is 1. The summed E-state index contributed by atoms with van der Waals surface area (Å²) in [5, 5.41) is 12.5. The third-order valence-corrected chi connectivity index (χ3v) is 2.39. The van der Waals surface area contributed by atoms with Crippen LogP contribution in [0.1, 0.15) is 11.1 Å². The summed E-state index contributed by atoms with van der Waals surface area (Å²) < 4.78 is 15.4. The predicted molar refractivity (Wildman–Crippen MR) is 64.4 cm³/mol. The zero-order valence-corrected chi connectivity index (χ0v) is 9.45. The first-order valence-corrected chi connectivity index (χ1v) is 5.32. The minimum atomic E-state index is -1.06. The van der Waals surface area contributed by atoms with Gasteiger partial charge in [0.2, 0.25) is 0 Å². The second kappa shape index (κ2) is 5.27. The Hall–Kier alpha value is -2.43. The van der Waals surface area contributed by atoms with Crippen LogP contribution in [0, 0.1) is 5.82 Å². The molecule has 1 heterocycles. The normalized spacial score (nSPS) is 10.9. The van der Waals surface area contributed by atoms with Crippen molar-refractivity contribution in [2.45, 2.75) is 6.54 Å². The molecular formula is C13H11FN2O2. The van der Waals surface area contributed by atoms with E-state index < -0.39 is 5.97 Å². The molecule has 0 amide bonds. The predicted octanol–water partition coefficient (Wildman–Crippen LogP) is 2.17. The summed E-state index contributed by atoms with van der Waals surface area (Å²) in [6.07, 6.45) is 5.70. The van der Waals surface area contributed by atoms with E-state index in [0.717, 1.165) is 6.08 Å². The van der Waals surface area contributed by atoms with Gasteiger partial charge in [0.05, 0.1) is 6.54 Å². The topological polar surface area (TPSA) is 55.1 Å². The number of nitrogens with zero attached hydrogens (tertiary/aromatic N) is 2. The minimum absolute atomic E-state index is 0.349. The van der Waals surface area contributed by atoms with Gasteiger partial charge in [-0.15, -0.1) is 0 Å². The summed E-state index contributed by atoms with van der Waals surface area (Å²) in [5.41, 5.74) is 1.02. The fourth-order valence-electron chi connectivity index (χ4n) is 1.53. The second-order valence-corrected chi connectivity index (χ2v) is 3.73. The Morgan fingerprint density at radius 2 is 2.33 bits per heavy atom. The molecule has 0 saturated heterocycles. The van der Waals surface area contributed by atoms with Crippen LogP contribution in [0.3, 0.4) is 0 Å². The molecule has 0 atom stereocenters. The third kappa shape index (κ3) is 3.04. The highest BCUT2D eigenvalue weighted by molar-refractivity contribution is 5.85. The molecule has 0 aliphatic heterocycles. The quantitative estimate of drug-likeness (QED) is 0.841. The van der Waals surface area contributed by atoms with E-state index in [-0.39, 0.29) is 5.82 Å². The van der Waals surface area contributed by atoms with Crippen LogP contribution in [0.2, 0.25) is 0 Å². The molecule has 0 spiro atoms. The van der Waals surface area contributed by atoms with Crippen LogP contribution in [0.15, 0.2) is 42.7 Å². The number of hydrogen-bond acceptors (Lipinski definition) is 2. The van der Waals surface area contributed by atoms with Crippen LogP contribution in [0.4, 0.5) is 4.39 Å². The van der Waals surface area contributed by atoms with E-state index in [1.165, 1.54) is 12.1 Å². The molecule has 92 valence electrons. The number of rotatable bonds is 4. The first kappa shape index (κ1) is 12.0. The lowest BCUT2D eigenvalue weighted by atomic mass is 10.1. The van der Waals surface area contributed by atoms with Crippen molar-refractivity contribution >= 4 is 12.0 Å². The van der Waals surface area contributed by atoms with Crippen LogP contribution in [0.5, 0.6) is 0 Å². The first-order valence-electron chi connectivity index (χ1n) is 5.32. The molecule has 0 bridgehead atoms. The maximum atomic E-state index is 13.7. The average Bonchev–Trinajstić information content (AvgIpc) is 2.82. The SMILES string of the molecule is O=C(O)C=Cc1ccc(Cn2cccn2)c(F)c1. The first-order chi connectivity index (χ1) is 8.65. The Bertz CT molecular complexity index is 577. The van der Waals surface area contributed by atoms with Gasteiger partial charge in [-0.1, -0.05) is 12.1 Å². The zero-order chi connectivity index (χ0) is 13.0. The van der Waals surface area contributed by atoms with Crippen molar-refractivity contribution in [3.63, 3.8) is 0 Å². The summed E-state index contributed by atoms with van der Waals surface area (Å²) in [6.45, 7) is 0.349. The van der Waals surface area contributed by atoms with Crippen LogP contribution in [-0.2, 0) is 11.3 Å². The summed E-state index contributed by atoms with van der Waals surface area (Å²) in [4.78, 5) is 10.3. The van der Waals surface area contributed by atoms with E-state index in [1.54, 1.807) is 35.3 Å². The lowest BCUT2D eigenvalue weighted by Gasteiger charge is -2.04. The maximum absolute atomic E-state index is 13.7. The van der Waals surface area contributed by atoms with E-state index >= 15 is 0 Å². The zero-order valence-electron chi connectivity index (χ0n) is 9.45. The monoisotopic (exact) mass is 246 g/mol. The Morgan fingerprint density at radius 1 is 1.50 bits per heavy atom. The summed E-state index contributed by atoms with van der Waals surface area (Å²) >= 11 is 0. The lowest BCUT2D eigenvalue weighted by Crippen LogP contribution is -2.02. The molecule has 18 heavy (non-hydrogen) atoms. The molecule has 1 aromatic carbocycles. The molecule has 4 nitrogen and oxygen atoms in total. The van der Waals surface area contributed by atoms with Gasteiger partial charge in [0.15, 0.2) is 0 Å². The van der Waals surface area contributed by atoms with Crippen molar-refractivity contribution in [3.8, 4) is 0 Å². The van der Waals surface area contributed by atoms with E-state index in [1.807, 2.05) is 0 Å². The lowest BCUT2D eigenvalue weighted by molar-refractivity contribution is -0.131. The highest BCUT2D eigenvalue weighted by atomic mass is 19.1. The average molecular weight is 246 g/mol. The largest absolute Gasteiger partial charge is 0.478 e. The van der Waals surface area contributed by atoms with E-state index in [0.29, 0.717) is 17.7 Å². The minimum Gasteiger partial charge on any atom is -0.478 e. The molecule has 0 aliphatic rings. The number of carboxylic acids is 1. The summed E-state index contributed by atoms with van der Waals surface area (Å²) in [7, 11) is 0. The number of benzene rings is 1. The summed E-state index contributed by atoms with van der Waals surface area (Å²) in [6, 6.07) is 6.36. The fourth-order valence-corrected chi connectivity index (χ4v) is 1.53. The van der Waals surface area contributed by atoms with Crippen LogP contribution >= 0.6 is 0 Å². The molecule has 5 heteroatoms. The Balaban J connectivity index is 2.17. The van der Waals surface area contributed by atoms with Crippen molar-refractivity contribution < 1.29 is 14.3 Å². The van der Waals surface area contributed by atoms with E-state index in [9.17, 15) is 9.18 Å². The van der Waals surface area contributed by atoms with Crippen molar-refractivity contribution in [1.82, 2.24) is 9.78 Å². The Kier molecular flexibility index (Phi) is 3.52. The highest BCUT2D eigenvalue weighted by Gasteiger charge is 2.03. The molecule has 0 saturated carbocycles. The van der Waals surface area contributed by atoms with Crippen molar-refractivity contribution in [2.24, 2.45) is 0 Å². The molecule has 0 radical (unpaired) electrons. The Morgan fingerprint density at radius 3 is 2.94 bits per heavy atom. The third-order valence-electron chi connectivity index (χ3n) is 2.39. The van der Waals surface area contributed by atoms with Gasteiger partial charge in [-0.25, -0.2) is 9.18 Å². The number of halogens is 1. The van der Waals surface area contributed by atoms with Gasteiger partial charge in [-0.3, -0.25) is 4.68 Å². The van der Waals surface area contributed by atoms with Crippen molar-refractivity contribution in [2.75, 3.05) is 0 Å². The Labute approximate surface area is 103 Å². The van der Waals surface area contributed by atoms with Gasteiger partial charge < -0.3 is 5.11 Å². The van der Waals surface area contributed by atoms with Gasteiger partial charge in [-0.05, 0) is 23.8 Å². The van der Waals surface area contributed by atoms with Crippen molar-refractivity contribution in [3.05, 3.63) is 59.7 Å². The molecule has 2 aromatic rings. The standard InChI is InChI=1S/C13H11FN2O2/c14-12-8-10(3-5-13(17)18)2-4-11(12)9-16-7-1-6-15-16/h1-8H,9H2,(H,17,18). The number of aromatic nitrogens is 2. The second-order valence-electron chi connectivity index (χ2n) is 3.73. The molecule has 1 N–H and O–H groups in total. The van der Waals surface area contributed by atoms with Crippen LogP contribution in [-0.4, -0.2) is 20.9 Å².